The first-order valence-corrected chi connectivity index (χ1v) is 5.84. The van der Waals surface area contributed by atoms with Gasteiger partial charge < -0.3 is 9.47 Å². The van der Waals surface area contributed by atoms with Crippen LogP contribution in [0.4, 0.5) is 0 Å². The van der Waals surface area contributed by atoms with Gasteiger partial charge in [-0.25, -0.2) is 4.68 Å². The normalized spacial score (nSPS) is 22.0. The van der Waals surface area contributed by atoms with Crippen LogP contribution in [0.2, 0.25) is 0 Å². The summed E-state index contributed by atoms with van der Waals surface area (Å²) in [5, 5.41) is 3.20. The maximum absolute atomic E-state index is 12.1. The van der Waals surface area contributed by atoms with Gasteiger partial charge in [-0.15, -0.1) is 0 Å². The molecule has 1 fully saturated rings. The molecule has 1 N–H and O–H groups in total. The first-order valence-electron chi connectivity index (χ1n) is 5.84. The monoisotopic (exact) mass is 224 g/mol. The third-order valence-corrected chi connectivity index (χ3v) is 3.40. The summed E-state index contributed by atoms with van der Waals surface area (Å²) >= 11 is 0. The van der Waals surface area contributed by atoms with Crippen LogP contribution >= 0.6 is 0 Å². The van der Waals surface area contributed by atoms with Gasteiger partial charge in [0.15, 0.2) is 0 Å². The van der Waals surface area contributed by atoms with Gasteiger partial charge >= 0.3 is 0 Å². The molecule has 0 aromatic carbocycles. The number of H-pyrrole nitrogens is 1. The fraction of sp³-hybridized carbons (Fsp3) is 0.727. The van der Waals surface area contributed by atoms with E-state index in [1.807, 2.05) is 0 Å². The van der Waals surface area contributed by atoms with Gasteiger partial charge in [0.1, 0.15) is 0 Å². The summed E-state index contributed by atoms with van der Waals surface area (Å²) in [6.07, 6.45) is 2.57. The van der Waals surface area contributed by atoms with Crippen LogP contribution < -0.4 is 5.56 Å². The Balaban J connectivity index is 1.94. The van der Waals surface area contributed by atoms with E-state index in [4.69, 9.17) is 9.47 Å². The SMILES string of the molecule is O=c1c2c([nH]n1C1CCOCC1)COCC2. The number of aromatic amines is 1. The third-order valence-electron chi connectivity index (χ3n) is 3.40. The van der Waals surface area contributed by atoms with E-state index in [0.717, 1.165) is 43.7 Å². The van der Waals surface area contributed by atoms with Gasteiger partial charge in [0.05, 0.1) is 24.9 Å². The van der Waals surface area contributed by atoms with E-state index in [9.17, 15) is 4.79 Å². The van der Waals surface area contributed by atoms with E-state index >= 15 is 0 Å². The lowest BCUT2D eigenvalue weighted by Gasteiger charge is -2.22. The van der Waals surface area contributed by atoms with Crippen molar-refractivity contribution in [1.29, 1.82) is 0 Å². The molecule has 1 aromatic heterocycles. The summed E-state index contributed by atoms with van der Waals surface area (Å²) in [4.78, 5) is 12.1. The minimum absolute atomic E-state index is 0.144. The van der Waals surface area contributed by atoms with Gasteiger partial charge in [-0.3, -0.25) is 9.89 Å². The Hall–Kier alpha value is -1.07. The average molecular weight is 224 g/mol. The lowest BCUT2D eigenvalue weighted by Crippen LogP contribution is -2.29. The highest BCUT2D eigenvalue weighted by Crippen LogP contribution is 2.20. The van der Waals surface area contributed by atoms with E-state index in [1.165, 1.54) is 0 Å². The van der Waals surface area contributed by atoms with Crippen LogP contribution in [-0.2, 0) is 22.5 Å². The molecular formula is C11H16N2O3. The standard InChI is InChI=1S/C11H16N2O3/c14-11-9-3-6-16-7-10(9)12-13(11)8-1-4-15-5-2-8/h8,12H,1-7H2. The predicted molar refractivity (Wildman–Crippen MR) is 57.5 cm³/mol. The summed E-state index contributed by atoms with van der Waals surface area (Å²) in [6.45, 7) is 2.70. The highest BCUT2D eigenvalue weighted by molar-refractivity contribution is 5.19. The zero-order valence-corrected chi connectivity index (χ0v) is 9.20. The van der Waals surface area contributed by atoms with E-state index in [0.29, 0.717) is 13.2 Å². The fourth-order valence-corrected chi connectivity index (χ4v) is 2.46. The molecule has 5 nitrogen and oxygen atoms in total. The van der Waals surface area contributed by atoms with Gasteiger partial charge in [-0.05, 0) is 12.8 Å². The van der Waals surface area contributed by atoms with E-state index in [-0.39, 0.29) is 11.6 Å². The summed E-state index contributed by atoms with van der Waals surface area (Å²) in [6, 6.07) is 0.270. The van der Waals surface area contributed by atoms with Crippen LogP contribution in [0.5, 0.6) is 0 Å². The minimum atomic E-state index is 0.144. The third kappa shape index (κ3) is 1.60. The molecule has 0 bridgehead atoms. The summed E-state index contributed by atoms with van der Waals surface area (Å²) in [5.74, 6) is 0. The Labute approximate surface area is 93.3 Å². The molecule has 1 aromatic rings. The van der Waals surface area contributed by atoms with Crippen molar-refractivity contribution in [3.8, 4) is 0 Å². The lowest BCUT2D eigenvalue weighted by atomic mass is 10.1. The quantitative estimate of drug-likeness (QED) is 0.760. The molecule has 0 atom stereocenters. The molecule has 16 heavy (non-hydrogen) atoms. The van der Waals surface area contributed by atoms with Crippen LogP contribution in [0.3, 0.4) is 0 Å². The predicted octanol–water partition coefficient (Wildman–Crippen LogP) is 0.601. The van der Waals surface area contributed by atoms with Gasteiger partial charge in [-0.2, -0.15) is 0 Å². The number of rotatable bonds is 1. The molecule has 1 saturated heterocycles. The summed E-state index contributed by atoms with van der Waals surface area (Å²) < 4.78 is 12.4. The zero-order valence-electron chi connectivity index (χ0n) is 9.20. The molecule has 2 aliphatic rings. The van der Waals surface area contributed by atoms with Crippen molar-refractivity contribution in [2.24, 2.45) is 0 Å². The van der Waals surface area contributed by atoms with Crippen molar-refractivity contribution < 1.29 is 9.47 Å². The van der Waals surface area contributed by atoms with Gasteiger partial charge in [0.25, 0.3) is 5.56 Å². The van der Waals surface area contributed by atoms with Crippen LogP contribution in [0.1, 0.15) is 30.1 Å². The summed E-state index contributed by atoms with van der Waals surface area (Å²) in [7, 11) is 0. The van der Waals surface area contributed by atoms with Crippen molar-refractivity contribution in [3.63, 3.8) is 0 Å². The Morgan fingerprint density at radius 2 is 2.00 bits per heavy atom. The van der Waals surface area contributed by atoms with Crippen LogP contribution in [0, 0.1) is 0 Å². The molecular weight excluding hydrogens is 208 g/mol. The molecule has 3 rings (SSSR count). The average Bonchev–Trinajstić information content (AvgIpc) is 2.69. The number of hydrogen-bond acceptors (Lipinski definition) is 3. The Bertz CT molecular complexity index is 429. The first-order chi connectivity index (χ1) is 7.86. The zero-order chi connectivity index (χ0) is 11.0. The number of hydrogen-bond donors (Lipinski definition) is 1. The number of nitrogens with one attached hydrogen (secondary N) is 1. The molecule has 0 radical (unpaired) electrons. The van der Waals surface area contributed by atoms with Crippen molar-refractivity contribution >= 4 is 0 Å². The van der Waals surface area contributed by atoms with Gasteiger partial charge in [-0.1, -0.05) is 0 Å². The number of ether oxygens (including phenoxy) is 2. The highest BCUT2D eigenvalue weighted by atomic mass is 16.5. The Kier molecular flexibility index (Phi) is 2.57. The topological polar surface area (TPSA) is 56.2 Å². The smallest absolute Gasteiger partial charge is 0.270 e. The molecule has 0 spiro atoms. The molecule has 0 saturated carbocycles. The number of fused-ring (bicyclic) bond motifs is 1. The maximum Gasteiger partial charge on any atom is 0.270 e. The molecule has 88 valence electrons. The van der Waals surface area contributed by atoms with Crippen LogP contribution in [0.25, 0.3) is 0 Å². The van der Waals surface area contributed by atoms with Crippen LogP contribution in [0.15, 0.2) is 4.79 Å². The molecule has 2 aliphatic heterocycles. The Morgan fingerprint density at radius 1 is 1.19 bits per heavy atom. The highest BCUT2D eigenvalue weighted by Gasteiger charge is 2.23. The second-order valence-corrected chi connectivity index (χ2v) is 4.39. The van der Waals surface area contributed by atoms with Crippen molar-refractivity contribution in [1.82, 2.24) is 9.78 Å². The molecule has 5 heteroatoms. The number of nitrogens with zero attached hydrogens (tertiary/aromatic N) is 1. The number of aromatic nitrogens is 2. The van der Waals surface area contributed by atoms with Crippen molar-refractivity contribution in [2.75, 3.05) is 19.8 Å². The van der Waals surface area contributed by atoms with Crippen molar-refractivity contribution in [3.05, 3.63) is 21.6 Å². The second-order valence-electron chi connectivity index (χ2n) is 4.39. The molecule has 3 heterocycles. The molecule has 0 amide bonds. The van der Waals surface area contributed by atoms with Gasteiger partial charge in [0, 0.05) is 25.2 Å². The lowest BCUT2D eigenvalue weighted by molar-refractivity contribution is 0.0648. The Morgan fingerprint density at radius 3 is 2.75 bits per heavy atom. The first kappa shape index (κ1) is 10.1. The van der Waals surface area contributed by atoms with Crippen molar-refractivity contribution in [2.45, 2.75) is 31.9 Å². The second kappa shape index (κ2) is 4.07. The summed E-state index contributed by atoms with van der Waals surface area (Å²) in [5.41, 5.74) is 2.02. The maximum atomic E-state index is 12.1. The van der Waals surface area contributed by atoms with Gasteiger partial charge in [0.2, 0.25) is 0 Å². The minimum Gasteiger partial charge on any atom is -0.381 e. The van der Waals surface area contributed by atoms with E-state index in [2.05, 4.69) is 5.10 Å². The fourth-order valence-electron chi connectivity index (χ4n) is 2.46. The molecule has 0 unspecified atom stereocenters. The van der Waals surface area contributed by atoms with E-state index in [1.54, 1.807) is 4.68 Å². The molecule has 0 aliphatic carbocycles. The van der Waals surface area contributed by atoms with E-state index < -0.39 is 0 Å². The largest absolute Gasteiger partial charge is 0.381 e. The van der Waals surface area contributed by atoms with Crippen LogP contribution in [-0.4, -0.2) is 29.6 Å².